The molecule has 2 atom stereocenters. The van der Waals surface area contributed by atoms with Gasteiger partial charge in [0, 0.05) is 30.2 Å². The standard InChI is InChI=1S/C9H15N3S/c1-7-5-8(10-2)6-12(7)9-11-3-4-13-9/h3-4,7-8,10H,5-6H2,1-2H3. The van der Waals surface area contributed by atoms with Crippen LogP contribution in [0.4, 0.5) is 5.13 Å². The number of hydrogen-bond acceptors (Lipinski definition) is 4. The molecule has 1 fully saturated rings. The van der Waals surface area contributed by atoms with E-state index in [0.717, 1.165) is 11.7 Å². The summed E-state index contributed by atoms with van der Waals surface area (Å²) in [6.07, 6.45) is 3.09. The summed E-state index contributed by atoms with van der Waals surface area (Å²) in [5, 5.41) is 6.52. The first-order chi connectivity index (χ1) is 6.31. The van der Waals surface area contributed by atoms with Gasteiger partial charge in [0.2, 0.25) is 0 Å². The molecule has 0 spiro atoms. The van der Waals surface area contributed by atoms with Gasteiger partial charge in [0.1, 0.15) is 0 Å². The van der Waals surface area contributed by atoms with E-state index in [0.29, 0.717) is 12.1 Å². The van der Waals surface area contributed by atoms with Crippen molar-refractivity contribution < 1.29 is 0 Å². The Hall–Kier alpha value is -0.610. The van der Waals surface area contributed by atoms with E-state index in [1.807, 2.05) is 18.6 Å². The lowest BCUT2D eigenvalue weighted by molar-refractivity contribution is 0.595. The molecule has 1 aliphatic heterocycles. The van der Waals surface area contributed by atoms with Gasteiger partial charge in [-0.2, -0.15) is 0 Å². The first kappa shape index (κ1) is 8.97. The molecule has 2 heterocycles. The first-order valence-corrected chi connectivity index (χ1v) is 5.52. The molecule has 0 aromatic carbocycles. The Bertz CT molecular complexity index is 260. The fourth-order valence-electron chi connectivity index (χ4n) is 1.86. The van der Waals surface area contributed by atoms with Crippen LogP contribution in [-0.2, 0) is 0 Å². The van der Waals surface area contributed by atoms with Gasteiger partial charge < -0.3 is 10.2 Å². The van der Waals surface area contributed by atoms with Crippen LogP contribution in [-0.4, -0.2) is 30.7 Å². The Morgan fingerprint density at radius 1 is 1.69 bits per heavy atom. The van der Waals surface area contributed by atoms with Gasteiger partial charge in [-0.25, -0.2) is 4.98 Å². The highest BCUT2D eigenvalue weighted by molar-refractivity contribution is 7.13. The van der Waals surface area contributed by atoms with E-state index >= 15 is 0 Å². The van der Waals surface area contributed by atoms with Crippen molar-refractivity contribution in [2.24, 2.45) is 0 Å². The Morgan fingerprint density at radius 3 is 3.08 bits per heavy atom. The fraction of sp³-hybridized carbons (Fsp3) is 0.667. The number of anilines is 1. The van der Waals surface area contributed by atoms with Crippen LogP contribution in [0.15, 0.2) is 11.6 Å². The quantitative estimate of drug-likeness (QED) is 0.775. The third-order valence-corrected chi connectivity index (χ3v) is 3.46. The van der Waals surface area contributed by atoms with Crippen molar-refractivity contribution in [3.05, 3.63) is 11.6 Å². The number of aromatic nitrogens is 1. The SMILES string of the molecule is CNC1CC(C)N(c2nccs2)C1. The second-order valence-corrected chi connectivity index (χ2v) is 4.41. The lowest BCUT2D eigenvalue weighted by Gasteiger charge is -2.19. The molecular weight excluding hydrogens is 182 g/mol. The number of likely N-dealkylation sites (N-methyl/N-ethyl adjacent to an activating group) is 1. The van der Waals surface area contributed by atoms with E-state index < -0.39 is 0 Å². The van der Waals surface area contributed by atoms with Crippen molar-refractivity contribution in [2.75, 3.05) is 18.5 Å². The van der Waals surface area contributed by atoms with Crippen LogP contribution in [0.2, 0.25) is 0 Å². The van der Waals surface area contributed by atoms with Gasteiger partial charge in [-0.15, -0.1) is 11.3 Å². The average molecular weight is 197 g/mol. The Labute approximate surface area is 82.8 Å². The highest BCUT2D eigenvalue weighted by atomic mass is 32.1. The van der Waals surface area contributed by atoms with Crippen LogP contribution in [0.3, 0.4) is 0 Å². The van der Waals surface area contributed by atoms with Crippen molar-refractivity contribution in [1.29, 1.82) is 0 Å². The van der Waals surface area contributed by atoms with Crippen molar-refractivity contribution in [3.8, 4) is 0 Å². The summed E-state index contributed by atoms with van der Waals surface area (Å²) >= 11 is 1.72. The maximum Gasteiger partial charge on any atom is 0.185 e. The molecule has 0 radical (unpaired) electrons. The molecule has 3 nitrogen and oxygen atoms in total. The van der Waals surface area contributed by atoms with E-state index in [1.165, 1.54) is 6.42 Å². The van der Waals surface area contributed by atoms with E-state index in [2.05, 4.69) is 22.1 Å². The van der Waals surface area contributed by atoms with E-state index in [9.17, 15) is 0 Å². The summed E-state index contributed by atoms with van der Waals surface area (Å²) in [5.41, 5.74) is 0. The predicted octanol–water partition coefficient (Wildman–Crippen LogP) is 1.33. The number of nitrogens with zero attached hydrogens (tertiary/aromatic N) is 2. The van der Waals surface area contributed by atoms with Gasteiger partial charge in [-0.1, -0.05) is 0 Å². The normalized spacial score (nSPS) is 28.3. The summed E-state index contributed by atoms with van der Waals surface area (Å²) in [7, 11) is 2.03. The zero-order chi connectivity index (χ0) is 9.26. The third kappa shape index (κ3) is 1.69. The van der Waals surface area contributed by atoms with Gasteiger partial charge in [0.15, 0.2) is 5.13 Å². The molecule has 72 valence electrons. The first-order valence-electron chi connectivity index (χ1n) is 4.64. The van der Waals surface area contributed by atoms with Gasteiger partial charge in [0.25, 0.3) is 0 Å². The smallest absolute Gasteiger partial charge is 0.185 e. The van der Waals surface area contributed by atoms with E-state index in [4.69, 9.17) is 0 Å². The number of hydrogen-bond donors (Lipinski definition) is 1. The summed E-state index contributed by atoms with van der Waals surface area (Å²) in [6.45, 7) is 3.35. The molecular formula is C9H15N3S. The lowest BCUT2D eigenvalue weighted by atomic mass is 10.2. The fourth-order valence-corrected chi connectivity index (χ4v) is 2.62. The van der Waals surface area contributed by atoms with Crippen LogP contribution in [0.5, 0.6) is 0 Å². The number of nitrogens with one attached hydrogen (secondary N) is 1. The van der Waals surface area contributed by atoms with Crippen molar-refractivity contribution in [3.63, 3.8) is 0 Å². The minimum absolute atomic E-state index is 0.614. The molecule has 1 aliphatic rings. The Kier molecular flexibility index (Phi) is 2.51. The molecule has 2 rings (SSSR count). The molecule has 1 aromatic heterocycles. The maximum atomic E-state index is 4.33. The minimum atomic E-state index is 0.614. The van der Waals surface area contributed by atoms with E-state index in [-0.39, 0.29) is 0 Å². The third-order valence-electron chi connectivity index (χ3n) is 2.65. The highest BCUT2D eigenvalue weighted by Gasteiger charge is 2.29. The molecule has 1 N–H and O–H groups in total. The zero-order valence-corrected chi connectivity index (χ0v) is 8.84. The van der Waals surface area contributed by atoms with Crippen LogP contribution in [0.25, 0.3) is 0 Å². The monoisotopic (exact) mass is 197 g/mol. The summed E-state index contributed by atoms with van der Waals surface area (Å²) < 4.78 is 0. The predicted molar refractivity (Wildman–Crippen MR) is 56.4 cm³/mol. The van der Waals surface area contributed by atoms with Gasteiger partial charge >= 0.3 is 0 Å². The summed E-state index contributed by atoms with van der Waals surface area (Å²) in [4.78, 5) is 6.71. The summed E-state index contributed by atoms with van der Waals surface area (Å²) in [6, 6.07) is 1.24. The molecule has 1 aromatic rings. The van der Waals surface area contributed by atoms with Crippen LogP contribution in [0.1, 0.15) is 13.3 Å². The molecule has 4 heteroatoms. The largest absolute Gasteiger partial charge is 0.344 e. The Balaban J connectivity index is 2.09. The van der Waals surface area contributed by atoms with Crippen molar-refractivity contribution in [2.45, 2.75) is 25.4 Å². The lowest BCUT2D eigenvalue weighted by Crippen LogP contribution is -2.30. The molecule has 2 unspecified atom stereocenters. The second kappa shape index (κ2) is 3.64. The summed E-state index contributed by atoms with van der Waals surface area (Å²) in [5.74, 6) is 0. The molecule has 0 bridgehead atoms. The van der Waals surface area contributed by atoms with Gasteiger partial charge in [-0.05, 0) is 20.4 Å². The van der Waals surface area contributed by atoms with Gasteiger partial charge in [-0.3, -0.25) is 0 Å². The topological polar surface area (TPSA) is 28.2 Å². The van der Waals surface area contributed by atoms with Crippen LogP contribution in [0, 0.1) is 0 Å². The van der Waals surface area contributed by atoms with E-state index in [1.54, 1.807) is 11.3 Å². The molecule has 0 saturated carbocycles. The van der Waals surface area contributed by atoms with Gasteiger partial charge in [0.05, 0.1) is 0 Å². The Morgan fingerprint density at radius 2 is 2.54 bits per heavy atom. The highest BCUT2D eigenvalue weighted by Crippen LogP contribution is 2.26. The molecule has 13 heavy (non-hydrogen) atoms. The van der Waals surface area contributed by atoms with Crippen molar-refractivity contribution >= 4 is 16.5 Å². The average Bonchev–Trinajstić information content (AvgIpc) is 2.72. The van der Waals surface area contributed by atoms with Crippen LogP contribution >= 0.6 is 11.3 Å². The zero-order valence-electron chi connectivity index (χ0n) is 8.03. The number of thiazole rings is 1. The number of rotatable bonds is 2. The minimum Gasteiger partial charge on any atom is -0.344 e. The molecule has 1 saturated heterocycles. The molecule has 0 aliphatic carbocycles. The molecule has 0 amide bonds. The van der Waals surface area contributed by atoms with Crippen LogP contribution < -0.4 is 10.2 Å². The van der Waals surface area contributed by atoms with Crippen molar-refractivity contribution in [1.82, 2.24) is 10.3 Å². The maximum absolute atomic E-state index is 4.33. The second-order valence-electron chi connectivity index (χ2n) is 3.54.